The van der Waals surface area contributed by atoms with Crippen molar-refractivity contribution in [3.05, 3.63) is 33.8 Å². The van der Waals surface area contributed by atoms with Gasteiger partial charge < -0.3 is 4.74 Å². The van der Waals surface area contributed by atoms with Crippen LogP contribution in [-0.4, -0.2) is 18.4 Å². The molecule has 1 aromatic rings. The molecule has 1 aromatic carbocycles. The van der Waals surface area contributed by atoms with Crippen molar-refractivity contribution >= 4 is 27.7 Å². The normalized spacial score (nSPS) is 11.2. The minimum absolute atomic E-state index is 0.154. The van der Waals surface area contributed by atoms with Crippen molar-refractivity contribution in [2.24, 2.45) is 0 Å². The highest BCUT2D eigenvalue weighted by atomic mass is 79.9. The number of rotatable bonds is 3. The van der Waals surface area contributed by atoms with Crippen LogP contribution in [0.15, 0.2) is 22.7 Å². The number of ether oxygens (including phenoxy) is 1. The van der Waals surface area contributed by atoms with E-state index in [0.717, 1.165) is 19.1 Å². The Kier molecular flexibility index (Phi) is 4.50. The number of alkyl halides is 3. The summed E-state index contributed by atoms with van der Waals surface area (Å²) in [7, 11) is 0. The van der Waals surface area contributed by atoms with Crippen molar-refractivity contribution in [1.29, 1.82) is 0 Å². The third-order valence-corrected chi connectivity index (χ3v) is 2.69. The van der Waals surface area contributed by atoms with Gasteiger partial charge >= 0.3 is 12.1 Å². The van der Waals surface area contributed by atoms with Crippen LogP contribution in [0.25, 0.3) is 0 Å². The average molecular weight is 325 g/mol. The van der Waals surface area contributed by atoms with Crippen molar-refractivity contribution in [1.82, 2.24) is 0 Å². The molecule has 0 fully saturated rings. The number of ketones is 1. The monoisotopic (exact) mass is 324 g/mol. The quantitative estimate of drug-likeness (QED) is 0.633. The molecule has 0 aliphatic rings. The summed E-state index contributed by atoms with van der Waals surface area (Å²) in [4.78, 5) is 22.0. The van der Waals surface area contributed by atoms with Crippen LogP contribution < -0.4 is 0 Å². The van der Waals surface area contributed by atoms with E-state index in [1.54, 1.807) is 0 Å². The van der Waals surface area contributed by atoms with Gasteiger partial charge in [0.15, 0.2) is 12.4 Å². The van der Waals surface area contributed by atoms with Crippen LogP contribution in [0.4, 0.5) is 13.2 Å². The molecule has 0 radical (unpaired) electrons. The Bertz CT molecular complexity index is 483. The summed E-state index contributed by atoms with van der Waals surface area (Å²) in [5, 5.41) is 0. The lowest BCUT2D eigenvalue weighted by atomic mass is 10.1. The average Bonchev–Trinajstić information content (AvgIpc) is 2.24. The van der Waals surface area contributed by atoms with Crippen LogP contribution in [0, 0.1) is 0 Å². The Labute approximate surface area is 109 Å². The van der Waals surface area contributed by atoms with Crippen molar-refractivity contribution in [3.8, 4) is 0 Å². The number of carbonyl (C=O) groups is 2. The third kappa shape index (κ3) is 3.83. The first-order valence-corrected chi connectivity index (χ1v) is 5.54. The molecule has 0 amide bonds. The molecule has 0 aliphatic carbocycles. The zero-order valence-corrected chi connectivity index (χ0v) is 10.8. The maximum Gasteiger partial charge on any atom is 0.417 e. The third-order valence-electron chi connectivity index (χ3n) is 2.00. The van der Waals surface area contributed by atoms with E-state index in [1.807, 2.05) is 0 Å². The molecule has 3 nitrogen and oxygen atoms in total. The second kappa shape index (κ2) is 5.51. The number of hydrogen-bond donors (Lipinski definition) is 0. The predicted molar refractivity (Wildman–Crippen MR) is 60.1 cm³/mol. The van der Waals surface area contributed by atoms with Gasteiger partial charge in [-0.05, 0) is 12.1 Å². The van der Waals surface area contributed by atoms with Crippen molar-refractivity contribution in [3.63, 3.8) is 0 Å². The molecule has 0 saturated carbocycles. The second-order valence-corrected chi connectivity index (χ2v) is 4.25. The van der Waals surface area contributed by atoms with Crippen LogP contribution in [-0.2, 0) is 15.7 Å². The van der Waals surface area contributed by atoms with Crippen molar-refractivity contribution in [2.75, 3.05) is 6.61 Å². The summed E-state index contributed by atoms with van der Waals surface area (Å²) < 4.78 is 42.0. The first-order chi connectivity index (χ1) is 8.21. The molecule has 1 rings (SSSR count). The zero-order valence-electron chi connectivity index (χ0n) is 9.18. The fourth-order valence-electron chi connectivity index (χ4n) is 1.17. The van der Waals surface area contributed by atoms with Gasteiger partial charge in [-0.3, -0.25) is 9.59 Å². The zero-order chi connectivity index (χ0) is 13.9. The van der Waals surface area contributed by atoms with Crippen LogP contribution >= 0.6 is 15.9 Å². The molecule has 0 N–H and O–H groups in total. The summed E-state index contributed by atoms with van der Waals surface area (Å²) in [6.45, 7) is 0.532. The maximum absolute atomic E-state index is 12.6. The van der Waals surface area contributed by atoms with Gasteiger partial charge in [0, 0.05) is 17.0 Å². The van der Waals surface area contributed by atoms with Gasteiger partial charge in [-0.1, -0.05) is 22.0 Å². The van der Waals surface area contributed by atoms with Gasteiger partial charge in [0.25, 0.3) is 0 Å². The van der Waals surface area contributed by atoms with Crippen molar-refractivity contribution in [2.45, 2.75) is 13.1 Å². The fourth-order valence-corrected chi connectivity index (χ4v) is 1.64. The Hall–Kier alpha value is -1.37. The molecular weight excluding hydrogens is 317 g/mol. The lowest BCUT2D eigenvalue weighted by Crippen LogP contribution is -2.14. The maximum atomic E-state index is 12.6. The lowest BCUT2D eigenvalue weighted by Gasteiger charge is -2.10. The van der Waals surface area contributed by atoms with Crippen molar-refractivity contribution < 1.29 is 27.5 Å². The molecule has 0 aromatic heterocycles. The largest absolute Gasteiger partial charge is 0.457 e. The summed E-state index contributed by atoms with van der Waals surface area (Å²) in [6, 6.07) is 3.07. The molecule has 0 unspecified atom stereocenters. The number of carbonyl (C=O) groups excluding carboxylic acids is 2. The molecule has 0 spiro atoms. The highest BCUT2D eigenvalue weighted by molar-refractivity contribution is 9.10. The van der Waals surface area contributed by atoms with Gasteiger partial charge in [-0.2, -0.15) is 13.2 Å². The first kappa shape index (κ1) is 14.7. The van der Waals surface area contributed by atoms with E-state index in [1.165, 1.54) is 6.07 Å². The number of hydrogen-bond acceptors (Lipinski definition) is 3. The number of halogens is 4. The van der Waals surface area contributed by atoms with Crippen LogP contribution in [0.3, 0.4) is 0 Å². The fraction of sp³-hybridized carbons (Fsp3) is 0.273. The van der Waals surface area contributed by atoms with E-state index in [4.69, 9.17) is 0 Å². The Balaban J connectivity index is 2.98. The van der Waals surface area contributed by atoms with E-state index in [-0.39, 0.29) is 10.0 Å². The van der Waals surface area contributed by atoms with Gasteiger partial charge in [-0.25, -0.2) is 0 Å². The topological polar surface area (TPSA) is 43.4 Å². The summed E-state index contributed by atoms with van der Waals surface area (Å²) in [5.41, 5.74) is -1.11. The van der Waals surface area contributed by atoms with E-state index in [9.17, 15) is 22.8 Å². The second-order valence-electron chi connectivity index (χ2n) is 3.40. The van der Waals surface area contributed by atoms with E-state index in [2.05, 4.69) is 20.7 Å². The van der Waals surface area contributed by atoms with Crippen LogP contribution in [0.2, 0.25) is 0 Å². The van der Waals surface area contributed by atoms with Gasteiger partial charge in [0.2, 0.25) is 0 Å². The predicted octanol–water partition coefficient (Wildman–Crippen LogP) is 3.21. The molecule has 0 bridgehead atoms. The minimum atomic E-state index is -4.56. The van der Waals surface area contributed by atoms with Gasteiger partial charge in [-0.15, -0.1) is 0 Å². The molecule has 0 aliphatic heterocycles. The highest BCUT2D eigenvalue weighted by Gasteiger charge is 2.33. The highest BCUT2D eigenvalue weighted by Crippen LogP contribution is 2.35. The number of benzene rings is 1. The number of esters is 1. The van der Waals surface area contributed by atoms with Gasteiger partial charge in [0.05, 0.1) is 5.56 Å². The lowest BCUT2D eigenvalue weighted by molar-refractivity contribution is -0.140. The molecule has 7 heteroatoms. The van der Waals surface area contributed by atoms with Gasteiger partial charge in [0.1, 0.15) is 0 Å². The summed E-state index contributed by atoms with van der Waals surface area (Å²) in [6.07, 6.45) is -4.56. The molecule has 0 heterocycles. The smallest absolute Gasteiger partial charge is 0.417 e. The molecule has 0 atom stereocenters. The molecule has 18 heavy (non-hydrogen) atoms. The summed E-state index contributed by atoms with van der Waals surface area (Å²) in [5.74, 6) is -1.36. The molecule has 98 valence electrons. The Morgan fingerprint density at radius 1 is 1.33 bits per heavy atom. The van der Waals surface area contributed by atoms with E-state index >= 15 is 0 Å². The first-order valence-electron chi connectivity index (χ1n) is 4.75. The Morgan fingerprint density at radius 3 is 2.44 bits per heavy atom. The van der Waals surface area contributed by atoms with E-state index in [0.29, 0.717) is 0 Å². The van der Waals surface area contributed by atoms with E-state index < -0.39 is 30.1 Å². The van der Waals surface area contributed by atoms with Crippen LogP contribution in [0.5, 0.6) is 0 Å². The number of Topliss-reactive ketones (excluding diaryl/α,β-unsaturated/α-hetero) is 1. The minimum Gasteiger partial charge on any atom is -0.457 e. The van der Waals surface area contributed by atoms with Crippen LogP contribution in [0.1, 0.15) is 22.8 Å². The standard InChI is InChI=1S/C11H8BrF3O3/c1-6(16)18-5-10(17)7-2-3-9(12)8(4-7)11(13,14)15/h2-4H,5H2,1H3. The summed E-state index contributed by atoms with van der Waals surface area (Å²) >= 11 is 2.76. The molecule has 0 saturated heterocycles. The Morgan fingerprint density at radius 2 is 1.94 bits per heavy atom. The molecular formula is C11H8BrF3O3. The SMILES string of the molecule is CC(=O)OCC(=O)c1ccc(Br)c(C(F)(F)F)c1.